The summed E-state index contributed by atoms with van der Waals surface area (Å²) >= 11 is 0. The first kappa shape index (κ1) is 19.7. The van der Waals surface area contributed by atoms with Gasteiger partial charge in [0.1, 0.15) is 11.6 Å². The first-order valence-corrected chi connectivity index (χ1v) is 8.57. The third kappa shape index (κ3) is 6.37. The molecule has 0 aliphatic rings. The average molecular weight is 359 g/mol. The summed E-state index contributed by atoms with van der Waals surface area (Å²) in [7, 11) is 3.37. The fourth-order valence-corrected chi connectivity index (χ4v) is 2.30. The van der Waals surface area contributed by atoms with Crippen molar-refractivity contribution in [2.45, 2.75) is 19.9 Å². The molecule has 140 valence electrons. The Morgan fingerprint density at radius 2 is 2.00 bits per heavy atom. The number of nitrogens with one attached hydrogen (secondary N) is 2. The van der Waals surface area contributed by atoms with E-state index in [1.807, 2.05) is 30.3 Å². The lowest BCUT2D eigenvalue weighted by molar-refractivity contribution is 0.172. The minimum absolute atomic E-state index is 0.203. The molecule has 26 heavy (non-hydrogen) atoms. The van der Waals surface area contributed by atoms with Crippen LogP contribution >= 0.6 is 0 Å². The van der Waals surface area contributed by atoms with E-state index in [0.29, 0.717) is 31.3 Å². The van der Waals surface area contributed by atoms with Crippen molar-refractivity contribution in [2.24, 2.45) is 4.99 Å². The second-order valence-corrected chi connectivity index (χ2v) is 5.86. The summed E-state index contributed by atoms with van der Waals surface area (Å²) in [6.07, 6.45) is 0.838. The van der Waals surface area contributed by atoms with E-state index in [1.54, 1.807) is 27.1 Å². The number of benzene rings is 2. The van der Waals surface area contributed by atoms with Crippen molar-refractivity contribution >= 4 is 11.6 Å². The zero-order chi connectivity index (χ0) is 18.8. The number of rotatable bonds is 8. The normalized spacial score (nSPS) is 11.3. The molecule has 0 heterocycles. The van der Waals surface area contributed by atoms with Gasteiger partial charge in [0.2, 0.25) is 0 Å². The predicted octanol–water partition coefficient (Wildman–Crippen LogP) is 3.74. The van der Waals surface area contributed by atoms with Crippen LogP contribution in [-0.4, -0.2) is 33.3 Å². The van der Waals surface area contributed by atoms with E-state index >= 15 is 0 Å². The number of hydrogen-bond donors (Lipinski definition) is 2. The summed E-state index contributed by atoms with van der Waals surface area (Å²) in [6.45, 7) is 3.50. The maximum Gasteiger partial charge on any atom is 0.195 e. The van der Waals surface area contributed by atoms with E-state index in [4.69, 9.17) is 9.47 Å². The predicted molar refractivity (Wildman–Crippen MR) is 103 cm³/mol. The Morgan fingerprint density at radius 3 is 2.73 bits per heavy atom. The molecule has 0 spiro atoms. The molecular weight excluding hydrogens is 333 g/mol. The number of aryl methyl sites for hydroxylation is 1. The van der Waals surface area contributed by atoms with Gasteiger partial charge in [0.25, 0.3) is 0 Å². The molecule has 2 rings (SSSR count). The lowest BCUT2D eigenvalue weighted by Gasteiger charge is -2.13. The van der Waals surface area contributed by atoms with E-state index in [0.717, 1.165) is 23.4 Å². The Hall–Kier alpha value is -2.60. The zero-order valence-electron chi connectivity index (χ0n) is 15.5. The van der Waals surface area contributed by atoms with E-state index < -0.39 is 0 Å². The van der Waals surface area contributed by atoms with Gasteiger partial charge in [0.05, 0.1) is 6.61 Å². The number of hydrogen-bond acceptors (Lipinski definition) is 3. The number of ether oxygens (including phenoxy) is 2. The summed E-state index contributed by atoms with van der Waals surface area (Å²) in [5.41, 5.74) is 2.35. The van der Waals surface area contributed by atoms with Gasteiger partial charge in [0.15, 0.2) is 5.96 Å². The highest BCUT2D eigenvalue weighted by atomic mass is 19.1. The summed E-state index contributed by atoms with van der Waals surface area (Å²) in [4.78, 5) is 4.20. The van der Waals surface area contributed by atoms with Gasteiger partial charge in [0, 0.05) is 45.5 Å². The molecule has 0 aromatic heterocycles. The topological polar surface area (TPSA) is 54.9 Å². The second-order valence-electron chi connectivity index (χ2n) is 5.86. The van der Waals surface area contributed by atoms with Gasteiger partial charge in [-0.3, -0.25) is 4.99 Å². The van der Waals surface area contributed by atoms with Crippen LogP contribution < -0.4 is 15.4 Å². The van der Waals surface area contributed by atoms with Gasteiger partial charge in [-0.05, 0) is 36.2 Å². The quantitative estimate of drug-likeness (QED) is 0.428. The van der Waals surface area contributed by atoms with Crippen LogP contribution in [-0.2, 0) is 11.3 Å². The van der Waals surface area contributed by atoms with Crippen LogP contribution in [0.4, 0.5) is 10.1 Å². The van der Waals surface area contributed by atoms with Crippen LogP contribution in [0.1, 0.15) is 17.5 Å². The third-order valence-corrected chi connectivity index (χ3v) is 3.78. The Kier molecular flexibility index (Phi) is 7.89. The molecule has 0 aliphatic carbocycles. The molecule has 2 N–H and O–H groups in total. The summed E-state index contributed by atoms with van der Waals surface area (Å²) in [5.74, 6) is 1.18. The van der Waals surface area contributed by atoms with E-state index in [2.05, 4.69) is 15.6 Å². The first-order chi connectivity index (χ1) is 12.6. The fourth-order valence-electron chi connectivity index (χ4n) is 2.30. The summed E-state index contributed by atoms with van der Waals surface area (Å²) in [6, 6.07) is 12.9. The van der Waals surface area contributed by atoms with Crippen molar-refractivity contribution in [3.05, 3.63) is 59.4 Å². The minimum atomic E-state index is -0.203. The van der Waals surface area contributed by atoms with Gasteiger partial charge < -0.3 is 20.1 Å². The van der Waals surface area contributed by atoms with Crippen molar-refractivity contribution in [3.63, 3.8) is 0 Å². The van der Waals surface area contributed by atoms with E-state index in [9.17, 15) is 4.39 Å². The lowest BCUT2D eigenvalue weighted by Crippen LogP contribution is -2.30. The van der Waals surface area contributed by atoms with Gasteiger partial charge in [-0.15, -0.1) is 0 Å². The molecule has 0 bridgehead atoms. The number of methoxy groups -OCH3 is 1. The molecule has 0 fully saturated rings. The van der Waals surface area contributed by atoms with Crippen molar-refractivity contribution in [1.29, 1.82) is 0 Å². The van der Waals surface area contributed by atoms with Gasteiger partial charge in [-0.25, -0.2) is 4.39 Å². The Balaban J connectivity index is 1.89. The number of aliphatic imine (C=N–C) groups is 1. The Bertz CT molecular complexity index is 735. The molecule has 0 saturated carbocycles. The third-order valence-electron chi connectivity index (χ3n) is 3.78. The van der Waals surface area contributed by atoms with Crippen molar-refractivity contribution in [3.8, 4) is 5.75 Å². The molecule has 0 unspecified atom stereocenters. The number of halogens is 1. The van der Waals surface area contributed by atoms with Crippen LogP contribution in [0.5, 0.6) is 5.75 Å². The first-order valence-electron chi connectivity index (χ1n) is 8.57. The highest BCUT2D eigenvalue weighted by Gasteiger charge is 2.03. The average Bonchev–Trinajstić information content (AvgIpc) is 2.65. The molecule has 2 aromatic rings. The largest absolute Gasteiger partial charge is 0.493 e. The zero-order valence-corrected chi connectivity index (χ0v) is 15.5. The molecule has 0 aliphatic heterocycles. The van der Waals surface area contributed by atoms with Crippen LogP contribution in [0.3, 0.4) is 0 Å². The molecule has 2 aromatic carbocycles. The van der Waals surface area contributed by atoms with Crippen LogP contribution in [0.15, 0.2) is 47.5 Å². The minimum Gasteiger partial charge on any atom is -0.493 e. The summed E-state index contributed by atoms with van der Waals surface area (Å²) < 4.78 is 24.3. The van der Waals surface area contributed by atoms with Crippen molar-refractivity contribution in [1.82, 2.24) is 5.32 Å². The van der Waals surface area contributed by atoms with Crippen LogP contribution in [0.2, 0.25) is 0 Å². The maximum atomic E-state index is 13.6. The van der Waals surface area contributed by atoms with Crippen molar-refractivity contribution in [2.75, 3.05) is 32.7 Å². The summed E-state index contributed by atoms with van der Waals surface area (Å²) in [5, 5.41) is 6.38. The molecular formula is C20H26FN3O2. The fraction of sp³-hybridized carbons (Fsp3) is 0.350. The van der Waals surface area contributed by atoms with E-state index in [-0.39, 0.29) is 5.82 Å². The standard InChI is InChI=1S/C20H26FN3O2/c1-15-8-9-16(12-19(15)21)14-23-20(22-2)24-17-6-4-7-18(13-17)26-11-5-10-25-3/h4,6-9,12-13H,5,10-11,14H2,1-3H3,(H2,22,23,24). The van der Waals surface area contributed by atoms with Crippen LogP contribution in [0, 0.1) is 12.7 Å². The smallest absolute Gasteiger partial charge is 0.195 e. The Morgan fingerprint density at radius 1 is 1.15 bits per heavy atom. The Labute approximate surface area is 154 Å². The van der Waals surface area contributed by atoms with Gasteiger partial charge in [-0.1, -0.05) is 18.2 Å². The second kappa shape index (κ2) is 10.4. The molecule has 6 heteroatoms. The molecule has 0 amide bonds. The SMILES string of the molecule is CN=C(NCc1ccc(C)c(F)c1)Nc1cccc(OCCCOC)c1. The van der Waals surface area contributed by atoms with Crippen molar-refractivity contribution < 1.29 is 13.9 Å². The van der Waals surface area contributed by atoms with E-state index in [1.165, 1.54) is 6.07 Å². The van der Waals surface area contributed by atoms with Crippen LogP contribution in [0.25, 0.3) is 0 Å². The highest BCUT2D eigenvalue weighted by Crippen LogP contribution is 2.17. The number of nitrogens with zero attached hydrogens (tertiary/aromatic N) is 1. The number of anilines is 1. The monoisotopic (exact) mass is 359 g/mol. The van der Waals surface area contributed by atoms with Gasteiger partial charge in [-0.2, -0.15) is 0 Å². The molecule has 0 radical (unpaired) electrons. The highest BCUT2D eigenvalue weighted by molar-refractivity contribution is 5.93. The number of guanidine groups is 1. The maximum absolute atomic E-state index is 13.6. The molecule has 5 nitrogen and oxygen atoms in total. The lowest BCUT2D eigenvalue weighted by atomic mass is 10.1. The molecule has 0 saturated heterocycles. The molecule has 0 atom stereocenters. The van der Waals surface area contributed by atoms with Gasteiger partial charge >= 0.3 is 0 Å².